The Morgan fingerprint density at radius 3 is 2.95 bits per heavy atom. The molecule has 2 aromatic rings. The van der Waals surface area contributed by atoms with Crippen LogP contribution >= 0.6 is 0 Å². The van der Waals surface area contributed by atoms with Crippen molar-refractivity contribution in [3.05, 3.63) is 42.2 Å². The average molecular weight is 256 g/mol. The first-order valence-corrected chi connectivity index (χ1v) is 7.08. The van der Waals surface area contributed by atoms with Crippen LogP contribution in [-0.2, 0) is 0 Å². The highest BCUT2D eigenvalue weighted by Crippen LogP contribution is 2.29. The van der Waals surface area contributed by atoms with E-state index < -0.39 is 0 Å². The molecule has 1 fully saturated rings. The van der Waals surface area contributed by atoms with Crippen LogP contribution in [0.3, 0.4) is 0 Å². The SMILES string of the molecule is CCC1CCNC(c2cnnn2-c2ccccc2)C1. The summed E-state index contributed by atoms with van der Waals surface area (Å²) in [7, 11) is 0. The van der Waals surface area contributed by atoms with E-state index in [-0.39, 0.29) is 0 Å². The van der Waals surface area contributed by atoms with Gasteiger partial charge in [-0.3, -0.25) is 0 Å². The summed E-state index contributed by atoms with van der Waals surface area (Å²) in [6, 6.07) is 10.6. The van der Waals surface area contributed by atoms with Gasteiger partial charge in [0.15, 0.2) is 0 Å². The van der Waals surface area contributed by atoms with Crippen LogP contribution in [0.1, 0.15) is 37.9 Å². The molecule has 2 atom stereocenters. The van der Waals surface area contributed by atoms with Gasteiger partial charge in [0.25, 0.3) is 0 Å². The summed E-state index contributed by atoms with van der Waals surface area (Å²) in [6.45, 7) is 3.36. The van der Waals surface area contributed by atoms with Crippen LogP contribution < -0.4 is 5.32 Å². The minimum Gasteiger partial charge on any atom is -0.309 e. The summed E-state index contributed by atoms with van der Waals surface area (Å²) >= 11 is 0. The first kappa shape index (κ1) is 12.4. The maximum absolute atomic E-state index is 4.24. The number of para-hydroxylation sites is 1. The molecular weight excluding hydrogens is 236 g/mol. The number of nitrogens with one attached hydrogen (secondary N) is 1. The van der Waals surface area contributed by atoms with E-state index in [9.17, 15) is 0 Å². The molecule has 1 N–H and O–H groups in total. The van der Waals surface area contributed by atoms with Crippen molar-refractivity contribution in [1.29, 1.82) is 0 Å². The fourth-order valence-electron chi connectivity index (χ4n) is 2.84. The number of rotatable bonds is 3. The molecule has 1 aliphatic heterocycles. The molecule has 1 aliphatic rings. The Balaban J connectivity index is 1.88. The summed E-state index contributed by atoms with van der Waals surface area (Å²) < 4.78 is 1.95. The monoisotopic (exact) mass is 256 g/mol. The molecule has 1 aromatic carbocycles. The van der Waals surface area contributed by atoms with E-state index in [0.717, 1.165) is 18.2 Å². The number of piperidine rings is 1. The zero-order valence-electron chi connectivity index (χ0n) is 11.3. The second kappa shape index (κ2) is 5.53. The zero-order valence-corrected chi connectivity index (χ0v) is 11.3. The largest absolute Gasteiger partial charge is 0.309 e. The molecule has 19 heavy (non-hydrogen) atoms. The maximum Gasteiger partial charge on any atom is 0.0815 e. The van der Waals surface area contributed by atoms with Crippen molar-refractivity contribution in [2.24, 2.45) is 5.92 Å². The van der Waals surface area contributed by atoms with Gasteiger partial charge in [0, 0.05) is 0 Å². The molecular formula is C15H20N4. The molecule has 100 valence electrons. The fourth-order valence-corrected chi connectivity index (χ4v) is 2.84. The first-order valence-electron chi connectivity index (χ1n) is 7.08. The highest BCUT2D eigenvalue weighted by Gasteiger charge is 2.24. The highest BCUT2D eigenvalue weighted by atomic mass is 15.4. The Hall–Kier alpha value is -1.68. The van der Waals surface area contributed by atoms with E-state index in [1.807, 2.05) is 29.1 Å². The van der Waals surface area contributed by atoms with E-state index in [4.69, 9.17) is 0 Å². The predicted octanol–water partition coefficient (Wildman–Crippen LogP) is 2.72. The van der Waals surface area contributed by atoms with Gasteiger partial charge in [-0.15, -0.1) is 5.10 Å². The Kier molecular flexibility index (Phi) is 3.60. The van der Waals surface area contributed by atoms with E-state index >= 15 is 0 Å². The lowest BCUT2D eigenvalue weighted by Gasteiger charge is -2.29. The van der Waals surface area contributed by atoms with Crippen molar-refractivity contribution in [1.82, 2.24) is 20.3 Å². The summed E-state index contributed by atoms with van der Waals surface area (Å²) in [5.74, 6) is 0.811. The van der Waals surface area contributed by atoms with Gasteiger partial charge in [-0.05, 0) is 37.4 Å². The molecule has 2 unspecified atom stereocenters. The minimum atomic E-state index is 0.369. The van der Waals surface area contributed by atoms with Crippen LogP contribution in [0.15, 0.2) is 36.5 Å². The summed E-state index contributed by atoms with van der Waals surface area (Å²) in [5.41, 5.74) is 2.25. The van der Waals surface area contributed by atoms with Gasteiger partial charge in [-0.25, -0.2) is 4.68 Å². The quantitative estimate of drug-likeness (QED) is 0.918. The zero-order chi connectivity index (χ0) is 13.1. The molecule has 0 radical (unpaired) electrons. The lowest BCUT2D eigenvalue weighted by Crippen LogP contribution is -2.32. The van der Waals surface area contributed by atoms with E-state index in [1.165, 1.54) is 25.0 Å². The van der Waals surface area contributed by atoms with Gasteiger partial charge in [0.2, 0.25) is 0 Å². The van der Waals surface area contributed by atoms with Crippen LogP contribution in [-0.4, -0.2) is 21.5 Å². The number of hydrogen-bond acceptors (Lipinski definition) is 3. The first-order chi connectivity index (χ1) is 9.38. The molecule has 0 bridgehead atoms. The van der Waals surface area contributed by atoms with Crippen LogP contribution in [0.2, 0.25) is 0 Å². The summed E-state index contributed by atoms with van der Waals surface area (Å²) in [6.07, 6.45) is 5.60. The van der Waals surface area contributed by atoms with E-state index in [1.54, 1.807) is 0 Å². The summed E-state index contributed by atoms with van der Waals surface area (Å²) in [5, 5.41) is 11.9. The maximum atomic E-state index is 4.24. The van der Waals surface area contributed by atoms with Crippen molar-refractivity contribution >= 4 is 0 Å². The van der Waals surface area contributed by atoms with Gasteiger partial charge >= 0.3 is 0 Å². The molecule has 2 heterocycles. The number of benzene rings is 1. The summed E-state index contributed by atoms with van der Waals surface area (Å²) in [4.78, 5) is 0. The lowest BCUT2D eigenvalue weighted by atomic mass is 9.89. The third-order valence-electron chi connectivity index (χ3n) is 4.02. The van der Waals surface area contributed by atoms with Gasteiger partial charge in [0.05, 0.1) is 23.6 Å². The second-order valence-electron chi connectivity index (χ2n) is 5.21. The van der Waals surface area contributed by atoms with Crippen LogP contribution in [0.4, 0.5) is 0 Å². The number of nitrogens with zero attached hydrogens (tertiary/aromatic N) is 3. The molecule has 4 heteroatoms. The molecule has 0 aliphatic carbocycles. The third-order valence-corrected chi connectivity index (χ3v) is 4.02. The van der Waals surface area contributed by atoms with Gasteiger partial charge < -0.3 is 5.32 Å². The van der Waals surface area contributed by atoms with E-state index in [2.05, 4.69) is 34.7 Å². The second-order valence-corrected chi connectivity index (χ2v) is 5.21. The molecule has 1 saturated heterocycles. The molecule has 4 nitrogen and oxygen atoms in total. The molecule has 1 aromatic heterocycles. The predicted molar refractivity (Wildman–Crippen MR) is 75.1 cm³/mol. The van der Waals surface area contributed by atoms with Crippen LogP contribution in [0, 0.1) is 5.92 Å². The number of aromatic nitrogens is 3. The number of hydrogen-bond donors (Lipinski definition) is 1. The molecule has 0 spiro atoms. The van der Waals surface area contributed by atoms with Crippen LogP contribution in [0.5, 0.6) is 0 Å². The van der Waals surface area contributed by atoms with Crippen molar-refractivity contribution in [2.75, 3.05) is 6.54 Å². The molecule has 3 rings (SSSR count). The smallest absolute Gasteiger partial charge is 0.0815 e. The Bertz CT molecular complexity index is 520. The topological polar surface area (TPSA) is 42.7 Å². The van der Waals surface area contributed by atoms with Crippen molar-refractivity contribution in [3.8, 4) is 5.69 Å². The van der Waals surface area contributed by atoms with Gasteiger partial charge in [-0.2, -0.15) is 0 Å². The Labute approximate surface area is 113 Å². The van der Waals surface area contributed by atoms with Crippen LogP contribution in [0.25, 0.3) is 5.69 Å². The third kappa shape index (κ3) is 2.54. The molecule has 0 saturated carbocycles. The Morgan fingerprint density at radius 2 is 2.16 bits per heavy atom. The minimum absolute atomic E-state index is 0.369. The van der Waals surface area contributed by atoms with Gasteiger partial charge in [-0.1, -0.05) is 36.8 Å². The van der Waals surface area contributed by atoms with Crippen molar-refractivity contribution < 1.29 is 0 Å². The Morgan fingerprint density at radius 1 is 1.32 bits per heavy atom. The van der Waals surface area contributed by atoms with Crippen molar-refractivity contribution in [2.45, 2.75) is 32.2 Å². The van der Waals surface area contributed by atoms with Crippen molar-refractivity contribution in [3.63, 3.8) is 0 Å². The van der Waals surface area contributed by atoms with E-state index in [0.29, 0.717) is 6.04 Å². The van der Waals surface area contributed by atoms with Gasteiger partial charge in [0.1, 0.15) is 0 Å². The average Bonchev–Trinajstić information content (AvgIpc) is 2.98. The standard InChI is InChI=1S/C15H20N4/c1-2-12-8-9-16-14(10-12)15-11-17-18-19(15)13-6-4-3-5-7-13/h3-7,11-12,14,16H,2,8-10H2,1H3. The molecule has 0 amide bonds. The normalized spacial score (nSPS) is 23.4. The highest BCUT2D eigenvalue weighted by molar-refractivity contribution is 5.32. The lowest BCUT2D eigenvalue weighted by molar-refractivity contribution is 0.292. The fraction of sp³-hybridized carbons (Fsp3) is 0.467.